The highest BCUT2D eigenvalue weighted by Crippen LogP contribution is 2.22. The number of halogens is 1. The predicted molar refractivity (Wildman–Crippen MR) is 75.9 cm³/mol. The number of nitrogens with zero attached hydrogens (tertiary/aromatic N) is 2. The van der Waals surface area contributed by atoms with Gasteiger partial charge in [0.05, 0.1) is 5.56 Å². The second-order valence-electron chi connectivity index (χ2n) is 4.55. The van der Waals surface area contributed by atoms with E-state index in [-0.39, 0.29) is 11.7 Å². The van der Waals surface area contributed by atoms with Gasteiger partial charge in [0.15, 0.2) is 0 Å². The molecule has 18 heavy (non-hydrogen) atoms. The minimum absolute atomic E-state index is 0.0164. The van der Waals surface area contributed by atoms with E-state index in [1.165, 1.54) is 6.07 Å². The molecular weight excluding hydrogens is 296 g/mol. The molecule has 0 saturated heterocycles. The van der Waals surface area contributed by atoms with Crippen LogP contribution in [0.4, 0.5) is 0 Å². The molecular formula is C13H19BrN2O2. The molecule has 1 amide bonds. The lowest BCUT2D eigenvalue weighted by atomic mass is 10.1. The summed E-state index contributed by atoms with van der Waals surface area (Å²) in [5, 5.41) is 9.69. The molecule has 0 radical (unpaired) electrons. The van der Waals surface area contributed by atoms with Gasteiger partial charge in [0.1, 0.15) is 5.75 Å². The highest BCUT2D eigenvalue weighted by atomic mass is 79.9. The van der Waals surface area contributed by atoms with Crippen molar-refractivity contribution in [3.63, 3.8) is 0 Å². The number of hydrogen-bond donors (Lipinski definition) is 1. The molecule has 0 spiro atoms. The van der Waals surface area contributed by atoms with Gasteiger partial charge in [0, 0.05) is 18.1 Å². The summed E-state index contributed by atoms with van der Waals surface area (Å²) < 4.78 is 0.783. The van der Waals surface area contributed by atoms with Crippen molar-refractivity contribution >= 4 is 21.8 Å². The second-order valence-corrected chi connectivity index (χ2v) is 5.46. The van der Waals surface area contributed by atoms with Crippen molar-refractivity contribution in [2.45, 2.75) is 6.42 Å². The molecule has 100 valence electrons. The Morgan fingerprint density at radius 1 is 1.28 bits per heavy atom. The maximum atomic E-state index is 12.1. The van der Waals surface area contributed by atoms with E-state index in [1.54, 1.807) is 24.1 Å². The van der Waals surface area contributed by atoms with Crippen LogP contribution < -0.4 is 0 Å². The first-order chi connectivity index (χ1) is 8.41. The van der Waals surface area contributed by atoms with Crippen molar-refractivity contribution < 1.29 is 9.90 Å². The minimum Gasteiger partial charge on any atom is -0.507 e. The number of amides is 1. The van der Waals surface area contributed by atoms with Crippen LogP contribution in [0.5, 0.6) is 5.75 Å². The molecule has 5 heteroatoms. The molecule has 0 aliphatic heterocycles. The summed E-state index contributed by atoms with van der Waals surface area (Å²) >= 11 is 3.30. The number of phenolic OH excluding ortho intramolecular Hbond substituents is 1. The molecule has 1 aromatic carbocycles. The van der Waals surface area contributed by atoms with Gasteiger partial charge in [-0.3, -0.25) is 4.79 Å². The van der Waals surface area contributed by atoms with Crippen LogP contribution in [-0.4, -0.2) is 55.0 Å². The fraction of sp³-hybridized carbons (Fsp3) is 0.462. The number of rotatable bonds is 5. The van der Waals surface area contributed by atoms with Crippen molar-refractivity contribution in [3.8, 4) is 5.75 Å². The molecule has 1 aromatic rings. The molecule has 0 aliphatic rings. The fourth-order valence-corrected chi connectivity index (χ4v) is 1.97. The SMILES string of the molecule is CN(C)CCCN(C)C(=O)c1cc(Br)ccc1O. The summed E-state index contributed by atoms with van der Waals surface area (Å²) in [5.74, 6) is -0.143. The summed E-state index contributed by atoms with van der Waals surface area (Å²) in [6, 6.07) is 4.86. The first kappa shape index (κ1) is 15.0. The highest BCUT2D eigenvalue weighted by Gasteiger charge is 2.15. The number of aromatic hydroxyl groups is 1. The van der Waals surface area contributed by atoms with Crippen LogP contribution >= 0.6 is 15.9 Å². The van der Waals surface area contributed by atoms with Gasteiger partial charge in [-0.05, 0) is 45.3 Å². The van der Waals surface area contributed by atoms with E-state index in [2.05, 4.69) is 20.8 Å². The Balaban J connectivity index is 2.65. The molecule has 0 aromatic heterocycles. The quantitative estimate of drug-likeness (QED) is 0.906. The Hall–Kier alpha value is -1.07. The number of carbonyl (C=O) groups excluding carboxylic acids is 1. The lowest BCUT2D eigenvalue weighted by Gasteiger charge is -2.19. The molecule has 0 unspecified atom stereocenters. The first-order valence-electron chi connectivity index (χ1n) is 5.80. The number of phenols is 1. The van der Waals surface area contributed by atoms with E-state index in [9.17, 15) is 9.90 Å². The Kier molecular flexibility index (Phi) is 5.62. The van der Waals surface area contributed by atoms with Gasteiger partial charge in [-0.2, -0.15) is 0 Å². The summed E-state index contributed by atoms with van der Waals surface area (Å²) in [5.41, 5.74) is 0.330. The maximum absolute atomic E-state index is 12.1. The zero-order chi connectivity index (χ0) is 13.7. The zero-order valence-electron chi connectivity index (χ0n) is 11.0. The number of benzene rings is 1. The van der Waals surface area contributed by atoms with Crippen molar-refractivity contribution in [1.82, 2.24) is 9.80 Å². The van der Waals surface area contributed by atoms with E-state index in [1.807, 2.05) is 14.1 Å². The van der Waals surface area contributed by atoms with Gasteiger partial charge in [-0.15, -0.1) is 0 Å². The largest absolute Gasteiger partial charge is 0.507 e. The Labute approximate surface area is 116 Å². The standard InChI is InChI=1S/C13H19BrN2O2/c1-15(2)7-4-8-16(3)13(18)11-9-10(14)5-6-12(11)17/h5-6,9,17H,4,7-8H2,1-3H3. The number of hydrogen-bond acceptors (Lipinski definition) is 3. The van der Waals surface area contributed by atoms with E-state index >= 15 is 0 Å². The Bertz CT molecular complexity index is 421. The van der Waals surface area contributed by atoms with Crippen molar-refractivity contribution in [3.05, 3.63) is 28.2 Å². The normalized spacial score (nSPS) is 10.7. The smallest absolute Gasteiger partial charge is 0.257 e. The summed E-state index contributed by atoms with van der Waals surface area (Å²) in [7, 11) is 5.75. The highest BCUT2D eigenvalue weighted by molar-refractivity contribution is 9.10. The third-order valence-electron chi connectivity index (χ3n) is 2.63. The van der Waals surface area contributed by atoms with Gasteiger partial charge in [-0.25, -0.2) is 0 Å². The average Bonchev–Trinajstić information content (AvgIpc) is 2.30. The molecule has 0 bridgehead atoms. The summed E-state index contributed by atoms with van der Waals surface area (Å²) in [4.78, 5) is 15.8. The third-order valence-corrected chi connectivity index (χ3v) is 3.13. The van der Waals surface area contributed by atoms with Crippen LogP contribution in [0.25, 0.3) is 0 Å². The lowest BCUT2D eigenvalue weighted by molar-refractivity contribution is 0.0787. The van der Waals surface area contributed by atoms with Crippen LogP contribution in [0.2, 0.25) is 0 Å². The van der Waals surface area contributed by atoms with Crippen molar-refractivity contribution in [1.29, 1.82) is 0 Å². The minimum atomic E-state index is -0.160. The molecule has 1 rings (SSSR count). The van der Waals surface area contributed by atoms with Crippen LogP contribution in [-0.2, 0) is 0 Å². The topological polar surface area (TPSA) is 43.8 Å². The van der Waals surface area contributed by atoms with Crippen molar-refractivity contribution in [2.75, 3.05) is 34.2 Å². The predicted octanol–water partition coefficient (Wildman–Crippen LogP) is 2.18. The Morgan fingerprint density at radius 2 is 1.94 bits per heavy atom. The molecule has 0 atom stereocenters. The molecule has 4 nitrogen and oxygen atoms in total. The first-order valence-corrected chi connectivity index (χ1v) is 6.60. The van der Waals surface area contributed by atoms with Gasteiger partial charge >= 0.3 is 0 Å². The maximum Gasteiger partial charge on any atom is 0.257 e. The summed E-state index contributed by atoms with van der Waals surface area (Å²) in [6.45, 7) is 1.60. The molecule has 1 N–H and O–H groups in total. The van der Waals surface area contributed by atoms with Crippen LogP contribution in [0.1, 0.15) is 16.8 Å². The molecule has 0 heterocycles. The van der Waals surface area contributed by atoms with Crippen LogP contribution in [0, 0.1) is 0 Å². The summed E-state index contributed by atoms with van der Waals surface area (Å²) in [6.07, 6.45) is 0.907. The van der Waals surface area contributed by atoms with E-state index < -0.39 is 0 Å². The van der Waals surface area contributed by atoms with E-state index in [0.29, 0.717) is 12.1 Å². The monoisotopic (exact) mass is 314 g/mol. The third kappa shape index (κ3) is 4.31. The van der Waals surface area contributed by atoms with Crippen LogP contribution in [0.3, 0.4) is 0 Å². The van der Waals surface area contributed by atoms with Gasteiger partial charge in [-0.1, -0.05) is 15.9 Å². The van der Waals surface area contributed by atoms with Gasteiger partial charge in [0.25, 0.3) is 5.91 Å². The van der Waals surface area contributed by atoms with E-state index in [0.717, 1.165) is 17.4 Å². The van der Waals surface area contributed by atoms with Crippen LogP contribution in [0.15, 0.2) is 22.7 Å². The molecule has 0 aliphatic carbocycles. The molecule has 0 fully saturated rings. The molecule has 0 saturated carbocycles. The average molecular weight is 315 g/mol. The fourth-order valence-electron chi connectivity index (χ4n) is 1.61. The van der Waals surface area contributed by atoms with Crippen molar-refractivity contribution in [2.24, 2.45) is 0 Å². The van der Waals surface area contributed by atoms with Gasteiger partial charge < -0.3 is 14.9 Å². The second kappa shape index (κ2) is 6.75. The zero-order valence-corrected chi connectivity index (χ0v) is 12.6. The van der Waals surface area contributed by atoms with Gasteiger partial charge in [0.2, 0.25) is 0 Å². The lowest BCUT2D eigenvalue weighted by Crippen LogP contribution is -2.29. The van der Waals surface area contributed by atoms with E-state index in [4.69, 9.17) is 0 Å². The Morgan fingerprint density at radius 3 is 2.56 bits per heavy atom. The number of carbonyl (C=O) groups is 1.